The lowest BCUT2D eigenvalue weighted by Crippen LogP contribution is -2.42. The number of benzene rings is 1. The second-order valence-electron chi connectivity index (χ2n) is 6.25. The molecule has 7 heteroatoms. The van der Waals surface area contributed by atoms with Crippen LogP contribution < -0.4 is 19.8 Å². The Hall–Kier alpha value is -2.67. The fourth-order valence-corrected chi connectivity index (χ4v) is 3.78. The lowest BCUT2D eigenvalue weighted by atomic mass is 10.2. The summed E-state index contributed by atoms with van der Waals surface area (Å²) in [6.45, 7) is 5.15. The van der Waals surface area contributed by atoms with Crippen molar-refractivity contribution in [2.24, 2.45) is 12.0 Å². The summed E-state index contributed by atoms with van der Waals surface area (Å²) >= 11 is 1.44. The molecule has 0 unspecified atom stereocenters. The average Bonchev–Trinajstić information content (AvgIpc) is 3.10. The number of fused-ring (bicyclic) bond motifs is 1. The van der Waals surface area contributed by atoms with Gasteiger partial charge in [-0.2, -0.15) is 5.10 Å². The van der Waals surface area contributed by atoms with Gasteiger partial charge in [0.05, 0.1) is 10.7 Å². The first-order chi connectivity index (χ1) is 12.0. The van der Waals surface area contributed by atoms with Crippen LogP contribution in [-0.4, -0.2) is 21.0 Å². The molecule has 0 N–H and O–H groups in total. The van der Waals surface area contributed by atoms with Gasteiger partial charge in [0.15, 0.2) is 4.80 Å². The third kappa shape index (κ3) is 2.80. The second kappa shape index (κ2) is 6.00. The Morgan fingerprint density at radius 1 is 1.20 bits per heavy atom. The van der Waals surface area contributed by atoms with Crippen LogP contribution in [0.4, 0.5) is 5.69 Å². The first-order valence-electron chi connectivity index (χ1n) is 8.09. The Morgan fingerprint density at radius 2 is 1.96 bits per heavy atom. The third-order valence-corrected chi connectivity index (χ3v) is 5.58. The van der Waals surface area contributed by atoms with E-state index in [0.29, 0.717) is 17.9 Å². The van der Waals surface area contributed by atoms with Crippen LogP contribution in [0.5, 0.6) is 0 Å². The summed E-state index contributed by atoms with van der Waals surface area (Å²) in [6.07, 6.45) is 3.69. The molecule has 0 saturated carbocycles. The van der Waals surface area contributed by atoms with E-state index >= 15 is 0 Å². The smallest absolute Gasteiger partial charge is 0.271 e. The maximum absolute atomic E-state index is 12.8. The highest BCUT2D eigenvalue weighted by molar-refractivity contribution is 7.07. The van der Waals surface area contributed by atoms with Crippen molar-refractivity contribution in [3.05, 3.63) is 67.0 Å². The molecular weight excluding hydrogens is 334 g/mol. The molecule has 1 aromatic carbocycles. The molecule has 2 aromatic heterocycles. The van der Waals surface area contributed by atoms with E-state index in [1.807, 2.05) is 20.0 Å². The molecule has 0 fully saturated rings. The first kappa shape index (κ1) is 15.8. The first-order valence-corrected chi connectivity index (χ1v) is 8.90. The summed E-state index contributed by atoms with van der Waals surface area (Å²) in [7, 11) is 1.90. The van der Waals surface area contributed by atoms with Gasteiger partial charge in [-0.15, -0.1) is 0 Å². The highest BCUT2D eigenvalue weighted by Gasteiger charge is 2.16. The average molecular weight is 353 g/mol. The molecule has 0 saturated heterocycles. The fraction of sp³-hybridized carbons (Fsp3) is 0.278. The van der Waals surface area contributed by atoms with Gasteiger partial charge in [0.25, 0.3) is 5.56 Å². The molecule has 1 aliphatic heterocycles. The monoisotopic (exact) mass is 353 g/mol. The molecule has 0 amide bonds. The highest BCUT2D eigenvalue weighted by atomic mass is 32.1. The summed E-state index contributed by atoms with van der Waals surface area (Å²) in [5.74, 6) is 0. The van der Waals surface area contributed by atoms with Crippen LogP contribution >= 0.6 is 11.3 Å². The van der Waals surface area contributed by atoms with E-state index in [0.717, 1.165) is 21.7 Å². The summed E-state index contributed by atoms with van der Waals surface area (Å²) < 4.78 is 4.24. The van der Waals surface area contributed by atoms with Gasteiger partial charge in [-0.05, 0) is 32.1 Å². The Kier molecular flexibility index (Phi) is 3.80. The summed E-state index contributed by atoms with van der Waals surface area (Å²) in [5, 5.41) is 4.23. The SMILES string of the molecule is Cc1ccc(N2CN=c3sc(=Cc4cnn(C)c4C)c(=O)n3C2)cc1. The van der Waals surface area contributed by atoms with Crippen molar-refractivity contribution in [3.8, 4) is 0 Å². The van der Waals surface area contributed by atoms with Crippen molar-refractivity contribution in [2.45, 2.75) is 20.5 Å². The number of aryl methyl sites for hydroxylation is 2. The van der Waals surface area contributed by atoms with E-state index in [-0.39, 0.29) is 5.56 Å². The number of aromatic nitrogens is 3. The Morgan fingerprint density at radius 3 is 2.64 bits per heavy atom. The van der Waals surface area contributed by atoms with Crippen molar-refractivity contribution in [3.63, 3.8) is 0 Å². The summed E-state index contributed by atoms with van der Waals surface area (Å²) in [5.41, 5.74) is 4.30. The molecule has 25 heavy (non-hydrogen) atoms. The molecule has 0 atom stereocenters. The van der Waals surface area contributed by atoms with E-state index < -0.39 is 0 Å². The number of nitrogens with zero attached hydrogens (tertiary/aromatic N) is 5. The number of hydrogen-bond donors (Lipinski definition) is 0. The van der Waals surface area contributed by atoms with Gasteiger partial charge in [0.1, 0.15) is 13.3 Å². The fourth-order valence-electron chi connectivity index (χ4n) is 2.83. The molecule has 1 aliphatic rings. The number of anilines is 1. The van der Waals surface area contributed by atoms with Crippen LogP contribution in [0.25, 0.3) is 6.08 Å². The molecular formula is C18H19N5OS. The Bertz CT molecular complexity index is 1100. The van der Waals surface area contributed by atoms with E-state index in [1.54, 1.807) is 15.4 Å². The molecule has 128 valence electrons. The van der Waals surface area contributed by atoms with Gasteiger partial charge in [-0.3, -0.25) is 14.0 Å². The van der Waals surface area contributed by atoms with Crippen LogP contribution in [0, 0.1) is 13.8 Å². The van der Waals surface area contributed by atoms with Crippen molar-refractivity contribution in [1.29, 1.82) is 0 Å². The van der Waals surface area contributed by atoms with Gasteiger partial charge >= 0.3 is 0 Å². The Labute approximate surface area is 149 Å². The van der Waals surface area contributed by atoms with Crippen molar-refractivity contribution >= 4 is 23.1 Å². The minimum atomic E-state index is 0.00353. The number of rotatable bonds is 2. The summed E-state index contributed by atoms with van der Waals surface area (Å²) in [4.78, 5) is 20.3. The zero-order valence-corrected chi connectivity index (χ0v) is 15.2. The van der Waals surface area contributed by atoms with E-state index in [4.69, 9.17) is 0 Å². The molecule has 3 heterocycles. The molecule has 0 aliphatic carbocycles. The van der Waals surface area contributed by atoms with Crippen LogP contribution in [0.15, 0.2) is 40.2 Å². The maximum atomic E-state index is 12.8. The van der Waals surface area contributed by atoms with E-state index in [1.165, 1.54) is 16.9 Å². The van der Waals surface area contributed by atoms with Gasteiger partial charge in [0, 0.05) is 24.0 Å². The zero-order valence-electron chi connectivity index (χ0n) is 14.4. The van der Waals surface area contributed by atoms with Gasteiger partial charge in [-0.25, -0.2) is 4.99 Å². The largest absolute Gasteiger partial charge is 0.334 e. The molecule has 3 aromatic rings. The third-order valence-electron chi connectivity index (χ3n) is 4.54. The lowest BCUT2D eigenvalue weighted by Gasteiger charge is -2.25. The highest BCUT2D eigenvalue weighted by Crippen LogP contribution is 2.16. The van der Waals surface area contributed by atoms with Gasteiger partial charge in [-0.1, -0.05) is 29.0 Å². The minimum absolute atomic E-state index is 0.00353. The van der Waals surface area contributed by atoms with Gasteiger partial charge < -0.3 is 4.90 Å². The predicted molar refractivity (Wildman–Crippen MR) is 99.4 cm³/mol. The number of hydrogen-bond acceptors (Lipinski definition) is 5. The van der Waals surface area contributed by atoms with Crippen molar-refractivity contribution < 1.29 is 0 Å². The molecule has 0 bridgehead atoms. The van der Waals surface area contributed by atoms with E-state index in [9.17, 15) is 4.79 Å². The Balaban J connectivity index is 1.73. The van der Waals surface area contributed by atoms with Crippen LogP contribution in [0.3, 0.4) is 0 Å². The van der Waals surface area contributed by atoms with Crippen LogP contribution in [0.1, 0.15) is 16.8 Å². The quantitative estimate of drug-likeness (QED) is 0.694. The second-order valence-corrected chi connectivity index (χ2v) is 7.26. The standard InChI is InChI=1S/C18H19N5OS/c1-12-4-6-15(7-5-12)22-10-19-18-23(11-22)17(24)16(25-18)8-14-9-20-21(3)13(14)2/h4-9H,10-11H2,1-3H3. The van der Waals surface area contributed by atoms with E-state index in [2.05, 4.69) is 46.2 Å². The molecule has 6 nitrogen and oxygen atoms in total. The summed E-state index contributed by atoms with van der Waals surface area (Å²) in [6, 6.07) is 8.29. The molecule has 0 radical (unpaired) electrons. The van der Waals surface area contributed by atoms with Crippen LogP contribution in [0.2, 0.25) is 0 Å². The topological polar surface area (TPSA) is 55.4 Å². The lowest BCUT2D eigenvalue weighted by molar-refractivity contribution is 0.569. The van der Waals surface area contributed by atoms with Gasteiger partial charge in [0.2, 0.25) is 0 Å². The predicted octanol–water partition coefficient (Wildman–Crippen LogP) is 1.14. The normalized spacial score (nSPS) is 14.5. The number of thiazole rings is 1. The zero-order chi connectivity index (χ0) is 17.6. The minimum Gasteiger partial charge on any atom is -0.334 e. The maximum Gasteiger partial charge on any atom is 0.271 e. The van der Waals surface area contributed by atoms with Crippen molar-refractivity contribution in [1.82, 2.24) is 14.3 Å². The van der Waals surface area contributed by atoms with Crippen LogP contribution in [-0.2, 0) is 13.7 Å². The molecule has 0 spiro atoms. The molecule has 4 rings (SSSR count). The van der Waals surface area contributed by atoms with Crippen molar-refractivity contribution in [2.75, 3.05) is 11.6 Å².